The number of benzene rings is 2. The zero-order valence-corrected chi connectivity index (χ0v) is 16.8. The highest BCUT2D eigenvalue weighted by Crippen LogP contribution is 2.14. The summed E-state index contributed by atoms with van der Waals surface area (Å²) in [6, 6.07) is 21.5. The van der Waals surface area contributed by atoms with Crippen molar-refractivity contribution in [2.45, 2.75) is 13.3 Å². The summed E-state index contributed by atoms with van der Waals surface area (Å²) < 4.78 is 1.40. The smallest absolute Gasteiger partial charge is 0.276 e. The fraction of sp³-hybridized carbons (Fsp3) is 0.0833. The number of aromatic nitrogens is 3. The first kappa shape index (κ1) is 19.9. The molecule has 2 N–H and O–H groups in total. The molecule has 4 rings (SSSR count). The molecule has 0 saturated heterocycles. The summed E-state index contributed by atoms with van der Waals surface area (Å²) in [5.41, 5.74) is 3.80. The molecule has 2 aromatic carbocycles. The second kappa shape index (κ2) is 8.51. The number of hydrogen-bond donors (Lipinski definition) is 2. The summed E-state index contributed by atoms with van der Waals surface area (Å²) >= 11 is 0. The second-order valence-electron chi connectivity index (χ2n) is 7.07. The van der Waals surface area contributed by atoms with Gasteiger partial charge in [-0.05, 0) is 48.9 Å². The molecule has 2 aromatic heterocycles. The molecule has 0 aliphatic heterocycles. The molecule has 0 aliphatic carbocycles. The normalized spacial score (nSPS) is 10.5. The zero-order valence-electron chi connectivity index (χ0n) is 16.8. The number of rotatable bonds is 5. The maximum absolute atomic E-state index is 12.9. The molecule has 7 nitrogen and oxygen atoms in total. The van der Waals surface area contributed by atoms with Crippen LogP contribution >= 0.6 is 0 Å². The van der Waals surface area contributed by atoms with Crippen molar-refractivity contribution < 1.29 is 4.79 Å². The third-order valence-corrected chi connectivity index (χ3v) is 4.93. The highest BCUT2D eigenvalue weighted by atomic mass is 16.1. The molecule has 152 valence electrons. The minimum atomic E-state index is -0.308. The SMILES string of the molecule is Cc1[nH]n(-c2ccc(NC(=O)c3ccc(C#N)cc3)cn2)c(=O)c1Cc1ccccc1. The Morgan fingerprint density at radius 2 is 1.84 bits per heavy atom. The second-order valence-corrected chi connectivity index (χ2v) is 7.07. The van der Waals surface area contributed by atoms with Gasteiger partial charge in [0.1, 0.15) is 0 Å². The number of nitriles is 1. The van der Waals surface area contributed by atoms with E-state index in [1.165, 1.54) is 10.9 Å². The minimum absolute atomic E-state index is 0.150. The first-order valence-electron chi connectivity index (χ1n) is 9.67. The standard InChI is InChI=1S/C24H19N5O2/c1-16-21(13-17-5-3-2-4-6-17)24(31)29(28-16)22-12-11-20(15-26-22)27-23(30)19-9-7-18(14-25)8-10-19/h2-12,15,28H,13H2,1H3,(H,27,30). The first-order chi connectivity index (χ1) is 15.0. The van der Waals surface area contributed by atoms with Crippen molar-refractivity contribution in [1.82, 2.24) is 14.8 Å². The molecule has 0 unspecified atom stereocenters. The molecule has 0 saturated carbocycles. The number of carbonyl (C=O) groups excluding carboxylic acids is 1. The number of pyridine rings is 1. The average molecular weight is 409 g/mol. The summed E-state index contributed by atoms with van der Waals surface area (Å²) in [6.45, 7) is 1.86. The summed E-state index contributed by atoms with van der Waals surface area (Å²) in [5.74, 6) is 0.126. The van der Waals surface area contributed by atoms with Crippen molar-refractivity contribution in [2.24, 2.45) is 0 Å². The Balaban J connectivity index is 1.52. The number of nitrogens with zero attached hydrogens (tertiary/aromatic N) is 3. The van der Waals surface area contributed by atoms with Crippen LogP contribution in [-0.2, 0) is 6.42 Å². The molecule has 31 heavy (non-hydrogen) atoms. The lowest BCUT2D eigenvalue weighted by Crippen LogP contribution is -2.19. The highest BCUT2D eigenvalue weighted by Gasteiger charge is 2.14. The van der Waals surface area contributed by atoms with E-state index in [4.69, 9.17) is 5.26 Å². The summed E-state index contributed by atoms with van der Waals surface area (Å²) in [5, 5.41) is 14.7. The van der Waals surface area contributed by atoms with Gasteiger partial charge in [-0.1, -0.05) is 30.3 Å². The molecule has 0 radical (unpaired) electrons. The van der Waals surface area contributed by atoms with Crippen LogP contribution < -0.4 is 10.9 Å². The van der Waals surface area contributed by atoms with Crippen molar-refractivity contribution in [3.05, 3.63) is 111 Å². The molecule has 4 aromatic rings. The van der Waals surface area contributed by atoms with Crippen molar-refractivity contribution in [2.75, 3.05) is 5.32 Å². The van der Waals surface area contributed by atoms with Crippen LogP contribution in [0.3, 0.4) is 0 Å². The molecular weight excluding hydrogens is 390 g/mol. The third kappa shape index (κ3) is 4.28. The van der Waals surface area contributed by atoms with Crippen LogP contribution in [0.25, 0.3) is 5.82 Å². The van der Waals surface area contributed by atoms with E-state index in [-0.39, 0.29) is 11.5 Å². The van der Waals surface area contributed by atoms with Gasteiger partial charge in [0.2, 0.25) is 0 Å². The van der Waals surface area contributed by atoms with E-state index in [0.29, 0.717) is 34.6 Å². The van der Waals surface area contributed by atoms with Gasteiger partial charge in [0, 0.05) is 23.2 Å². The van der Waals surface area contributed by atoms with E-state index in [9.17, 15) is 9.59 Å². The Morgan fingerprint density at radius 3 is 2.48 bits per heavy atom. The predicted octanol–water partition coefficient (Wildman–Crippen LogP) is 3.58. The third-order valence-electron chi connectivity index (χ3n) is 4.93. The fourth-order valence-electron chi connectivity index (χ4n) is 3.24. The van der Waals surface area contributed by atoms with Crippen LogP contribution in [0.2, 0.25) is 0 Å². The number of amides is 1. The van der Waals surface area contributed by atoms with Crippen LogP contribution in [0, 0.1) is 18.3 Å². The lowest BCUT2D eigenvalue weighted by atomic mass is 10.1. The molecule has 1 amide bonds. The maximum atomic E-state index is 12.9. The van der Waals surface area contributed by atoms with Gasteiger partial charge in [-0.2, -0.15) is 5.26 Å². The van der Waals surface area contributed by atoms with Crippen molar-refractivity contribution in [3.8, 4) is 11.9 Å². The number of aryl methyl sites for hydroxylation is 1. The molecule has 2 heterocycles. The quantitative estimate of drug-likeness (QED) is 0.526. The highest BCUT2D eigenvalue weighted by molar-refractivity contribution is 6.04. The number of aromatic amines is 1. The largest absolute Gasteiger partial charge is 0.321 e. The molecule has 0 aliphatic rings. The fourth-order valence-corrected chi connectivity index (χ4v) is 3.24. The van der Waals surface area contributed by atoms with Crippen molar-refractivity contribution >= 4 is 11.6 Å². The van der Waals surface area contributed by atoms with Crippen LogP contribution in [0.5, 0.6) is 0 Å². The number of nitrogens with one attached hydrogen (secondary N) is 2. The van der Waals surface area contributed by atoms with Crippen LogP contribution in [-0.4, -0.2) is 20.7 Å². The van der Waals surface area contributed by atoms with Crippen molar-refractivity contribution in [1.29, 1.82) is 5.26 Å². The Bertz CT molecular complexity index is 1310. The minimum Gasteiger partial charge on any atom is -0.321 e. The first-order valence-corrected chi connectivity index (χ1v) is 9.67. The van der Waals surface area contributed by atoms with Gasteiger partial charge in [-0.25, -0.2) is 9.67 Å². The number of anilines is 1. The Kier molecular flexibility index (Phi) is 5.45. The van der Waals surface area contributed by atoms with E-state index >= 15 is 0 Å². The van der Waals surface area contributed by atoms with Crippen LogP contribution in [0.15, 0.2) is 77.7 Å². The van der Waals surface area contributed by atoms with E-state index in [0.717, 1.165) is 11.3 Å². The monoisotopic (exact) mass is 409 g/mol. The molecule has 7 heteroatoms. The van der Waals surface area contributed by atoms with Crippen LogP contribution in [0.4, 0.5) is 5.69 Å². The average Bonchev–Trinajstić information content (AvgIpc) is 3.08. The zero-order chi connectivity index (χ0) is 21.8. The molecule has 0 bridgehead atoms. The van der Waals surface area contributed by atoms with Crippen LogP contribution in [0.1, 0.15) is 32.7 Å². The topological polar surface area (TPSA) is 104 Å². The van der Waals surface area contributed by atoms with Gasteiger partial charge in [-0.3, -0.25) is 14.7 Å². The molecular formula is C24H19N5O2. The summed E-state index contributed by atoms with van der Waals surface area (Å²) in [6.07, 6.45) is 2.03. The van der Waals surface area contributed by atoms with E-state index in [1.807, 2.05) is 43.3 Å². The van der Waals surface area contributed by atoms with Gasteiger partial charge < -0.3 is 5.32 Å². The van der Waals surface area contributed by atoms with E-state index in [2.05, 4.69) is 15.4 Å². The van der Waals surface area contributed by atoms with Gasteiger partial charge in [0.15, 0.2) is 5.82 Å². The Morgan fingerprint density at radius 1 is 1.10 bits per heavy atom. The van der Waals surface area contributed by atoms with E-state index < -0.39 is 0 Å². The number of H-pyrrole nitrogens is 1. The van der Waals surface area contributed by atoms with Gasteiger partial charge in [-0.15, -0.1) is 0 Å². The molecule has 0 spiro atoms. The van der Waals surface area contributed by atoms with Gasteiger partial charge in [0.05, 0.1) is 23.5 Å². The lowest BCUT2D eigenvalue weighted by Gasteiger charge is -2.06. The van der Waals surface area contributed by atoms with Gasteiger partial charge in [0.25, 0.3) is 11.5 Å². The number of hydrogen-bond acceptors (Lipinski definition) is 4. The predicted molar refractivity (Wildman–Crippen MR) is 117 cm³/mol. The summed E-state index contributed by atoms with van der Waals surface area (Å²) in [4.78, 5) is 29.6. The Labute approximate surface area is 178 Å². The van der Waals surface area contributed by atoms with Crippen molar-refractivity contribution in [3.63, 3.8) is 0 Å². The van der Waals surface area contributed by atoms with E-state index in [1.54, 1.807) is 36.4 Å². The maximum Gasteiger partial charge on any atom is 0.276 e. The Hall–Kier alpha value is -4.44. The number of carbonyl (C=O) groups is 1. The lowest BCUT2D eigenvalue weighted by molar-refractivity contribution is 0.102. The molecule has 0 fully saturated rings. The van der Waals surface area contributed by atoms with Gasteiger partial charge >= 0.3 is 0 Å². The molecule has 0 atom stereocenters. The summed E-state index contributed by atoms with van der Waals surface area (Å²) in [7, 11) is 0.